The first-order valence-corrected chi connectivity index (χ1v) is 22.7. The number of benzene rings is 8. The highest BCUT2D eigenvalue weighted by atomic mass is 16.4. The van der Waals surface area contributed by atoms with Crippen LogP contribution in [0.15, 0.2) is 298 Å². The molecule has 0 aliphatic rings. The summed E-state index contributed by atoms with van der Waals surface area (Å²) in [6.07, 6.45) is 6.37. The Balaban J connectivity index is 0.000000122. The second-order valence-corrected chi connectivity index (χ2v) is 15.7. The SMILES string of the molecule is O=C(C=Cc1ccccc1)c1ccccc1.O=c1c(-c2ccccc2)coc2ccccc12.O=c1cc(-c2ccccc2)oc2ccccc12.O=c1ccc2ccccc2o1.O=c1ccoc2ccccc12. The molecule has 0 N–H and O–H groups in total. The predicted molar refractivity (Wildman–Crippen MR) is 287 cm³/mol. The lowest BCUT2D eigenvalue weighted by Crippen LogP contribution is -2.04. The van der Waals surface area contributed by atoms with Crippen molar-refractivity contribution in [1.82, 2.24) is 0 Å². The van der Waals surface area contributed by atoms with Crippen LogP contribution in [0, 0.1) is 0 Å². The number of hydrogen-bond donors (Lipinski definition) is 0. The zero-order valence-corrected chi connectivity index (χ0v) is 38.6. The third-order valence-corrected chi connectivity index (χ3v) is 10.8. The van der Waals surface area contributed by atoms with Gasteiger partial charge in [0.25, 0.3) is 0 Å². The molecular formula is C63H44O9. The summed E-state index contributed by atoms with van der Waals surface area (Å²) in [4.78, 5) is 57.7. The van der Waals surface area contributed by atoms with Gasteiger partial charge in [0.1, 0.15) is 34.4 Å². The van der Waals surface area contributed by atoms with E-state index in [-0.39, 0.29) is 27.7 Å². The van der Waals surface area contributed by atoms with Gasteiger partial charge in [-0.05, 0) is 65.7 Å². The van der Waals surface area contributed by atoms with E-state index in [1.807, 2.05) is 188 Å². The highest BCUT2D eigenvalue weighted by Gasteiger charge is 2.08. The molecule has 4 heterocycles. The Morgan fingerprint density at radius 2 is 0.917 bits per heavy atom. The third-order valence-electron chi connectivity index (χ3n) is 10.8. The topological polar surface area (TPSA) is 138 Å². The van der Waals surface area contributed by atoms with Crippen LogP contribution >= 0.6 is 0 Å². The molecule has 0 aliphatic heterocycles. The third kappa shape index (κ3) is 13.0. The van der Waals surface area contributed by atoms with Crippen molar-refractivity contribution in [1.29, 1.82) is 0 Å². The van der Waals surface area contributed by atoms with E-state index in [1.54, 1.807) is 48.5 Å². The first kappa shape index (κ1) is 48.5. The average molecular weight is 945 g/mol. The van der Waals surface area contributed by atoms with Crippen LogP contribution in [0.4, 0.5) is 0 Å². The van der Waals surface area contributed by atoms with Gasteiger partial charge < -0.3 is 17.7 Å². The summed E-state index contributed by atoms with van der Waals surface area (Å²) in [7, 11) is 0. The molecule has 0 amide bonds. The number of ketones is 1. The molecule has 0 bridgehead atoms. The van der Waals surface area contributed by atoms with E-state index < -0.39 is 0 Å². The summed E-state index contributed by atoms with van der Waals surface area (Å²) in [5, 5.41) is 2.82. The summed E-state index contributed by atoms with van der Waals surface area (Å²) in [5.41, 5.74) is 6.38. The smallest absolute Gasteiger partial charge is 0.336 e. The van der Waals surface area contributed by atoms with Crippen LogP contribution in [-0.4, -0.2) is 5.78 Å². The first-order chi connectivity index (χ1) is 35.3. The normalized spacial score (nSPS) is 10.4. The summed E-state index contributed by atoms with van der Waals surface area (Å²) in [5.74, 6) is 0.638. The number of allylic oxidation sites excluding steroid dienone is 1. The van der Waals surface area contributed by atoms with E-state index in [4.69, 9.17) is 17.7 Å². The Hall–Kier alpha value is -9.99. The van der Waals surface area contributed by atoms with Crippen LogP contribution in [-0.2, 0) is 0 Å². The molecule has 0 atom stereocenters. The van der Waals surface area contributed by atoms with Gasteiger partial charge >= 0.3 is 5.63 Å². The fraction of sp³-hybridized carbons (Fsp3) is 0. The minimum atomic E-state index is -0.302. The van der Waals surface area contributed by atoms with Crippen LogP contribution < -0.4 is 21.9 Å². The van der Waals surface area contributed by atoms with E-state index >= 15 is 0 Å². The van der Waals surface area contributed by atoms with Crippen molar-refractivity contribution in [3.8, 4) is 22.5 Å². The first-order valence-electron chi connectivity index (χ1n) is 22.7. The Labute approximate surface area is 412 Å². The van der Waals surface area contributed by atoms with E-state index in [1.165, 1.54) is 30.7 Å². The van der Waals surface area contributed by atoms with Gasteiger partial charge in [-0.25, -0.2) is 4.79 Å². The van der Waals surface area contributed by atoms with Crippen molar-refractivity contribution in [2.45, 2.75) is 0 Å². The lowest BCUT2D eigenvalue weighted by atomic mass is 10.1. The number of carbonyl (C=O) groups is 1. The molecule has 0 saturated heterocycles. The second-order valence-electron chi connectivity index (χ2n) is 15.7. The largest absolute Gasteiger partial charge is 0.464 e. The molecule has 12 rings (SSSR count). The Bertz CT molecular complexity index is 3960. The minimum absolute atomic E-state index is 0.00634. The maximum atomic E-state index is 12.3. The van der Waals surface area contributed by atoms with Gasteiger partial charge in [-0.15, -0.1) is 0 Å². The fourth-order valence-electron chi connectivity index (χ4n) is 7.22. The summed E-state index contributed by atoms with van der Waals surface area (Å²) < 4.78 is 21.2. The van der Waals surface area contributed by atoms with Crippen molar-refractivity contribution in [2.75, 3.05) is 0 Å². The highest BCUT2D eigenvalue weighted by Crippen LogP contribution is 2.22. The summed E-state index contributed by atoms with van der Waals surface area (Å²) in [6.45, 7) is 0. The van der Waals surface area contributed by atoms with Crippen molar-refractivity contribution < 1.29 is 22.5 Å². The molecule has 72 heavy (non-hydrogen) atoms. The predicted octanol–water partition coefficient (Wildman–Crippen LogP) is 14.1. The Kier molecular flexibility index (Phi) is 16.4. The van der Waals surface area contributed by atoms with Crippen LogP contribution in [0.25, 0.3) is 72.4 Å². The fourth-order valence-corrected chi connectivity index (χ4v) is 7.22. The van der Waals surface area contributed by atoms with Gasteiger partial charge in [0.2, 0.25) is 0 Å². The Morgan fingerprint density at radius 3 is 1.57 bits per heavy atom. The summed E-state index contributed by atoms with van der Waals surface area (Å²) in [6, 6.07) is 73.5. The lowest BCUT2D eigenvalue weighted by Gasteiger charge is -2.02. The molecule has 8 aromatic carbocycles. The summed E-state index contributed by atoms with van der Waals surface area (Å²) >= 11 is 0. The zero-order valence-electron chi connectivity index (χ0n) is 38.6. The van der Waals surface area contributed by atoms with Crippen LogP contribution in [0.2, 0.25) is 0 Å². The van der Waals surface area contributed by atoms with Crippen LogP contribution in [0.5, 0.6) is 0 Å². The van der Waals surface area contributed by atoms with E-state index in [0.29, 0.717) is 49.8 Å². The quantitative estimate of drug-likeness (QED) is 0.0937. The van der Waals surface area contributed by atoms with Crippen LogP contribution in [0.1, 0.15) is 15.9 Å². The van der Waals surface area contributed by atoms with E-state index in [0.717, 1.165) is 27.6 Å². The van der Waals surface area contributed by atoms with E-state index in [2.05, 4.69) is 0 Å². The van der Waals surface area contributed by atoms with Crippen LogP contribution in [0.3, 0.4) is 0 Å². The van der Waals surface area contributed by atoms with Gasteiger partial charge in [-0.3, -0.25) is 19.2 Å². The lowest BCUT2D eigenvalue weighted by molar-refractivity contribution is 0.104. The minimum Gasteiger partial charge on any atom is -0.464 e. The average Bonchev–Trinajstić information content (AvgIpc) is 3.44. The maximum absolute atomic E-state index is 12.3. The molecule has 0 spiro atoms. The molecule has 12 aromatic rings. The molecule has 350 valence electrons. The molecule has 0 radical (unpaired) electrons. The number of para-hydroxylation sites is 4. The molecule has 0 unspecified atom stereocenters. The molecule has 4 aromatic heterocycles. The van der Waals surface area contributed by atoms with Gasteiger partial charge in [-0.1, -0.05) is 182 Å². The van der Waals surface area contributed by atoms with Crippen molar-refractivity contribution in [3.05, 3.63) is 313 Å². The number of rotatable bonds is 5. The van der Waals surface area contributed by atoms with Crippen molar-refractivity contribution >= 4 is 55.7 Å². The number of fused-ring (bicyclic) bond motifs is 4. The Morgan fingerprint density at radius 1 is 0.403 bits per heavy atom. The molecule has 0 saturated carbocycles. The molecule has 0 aliphatic carbocycles. The van der Waals surface area contributed by atoms with E-state index in [9.17, 15) is 24.0 Å². The molecule has 0 fully saturated rings. The van der Waals surface area contributed by atoms with Gasteiger partial charge in [0.15, 0.2) is 22.1 Å². The molecular weight excluding hydrogens is 901 g/mol. The highest BCUT2D eigenvalue weighted by molar-refractivity contribution is 6.06. The van der Waals surface area contributed by atoms with Gasteiger partial charge in [-0.2, -0.15) is 0 Å². The number of carbonyl (C=O) groups excluding carboxylic acids is 1. The second kappa shape index (κ2) is 24.3. The maximum Gasteiger partial charge on any atom is 0.336 e. The van der Waals surface area contributed by atoms with Gasteiger partial charge in [0, 0.05) is 34.7 Å². The van der Waals surface area contributed by atoms with Crippen molar-refractivity contribution in [3.63, 3.8) is 0 Å². The zero-order chi connectivity index (χ0) is 49.9. The van der Waals surface area contributed by atoms with Crippen molar-refractivity contribution in [2.24, 2.45) is 0 Å². The molecule has 9 nitrogen and oxygen atoms in total. The monoisotopic (exact) mass is 944 g/mol. The standard InChI is InChI=1S/2C15H10O2.C15H12O.2C9H6O2/c16-13-10-15(11-6-2-1-3-7-11)17-14-9-5-4-8-12(13)14;16-15-12-8-4-5-9-14(12)17-10-13(15)11-6-2-1-3-7-11;16-15(14-9-5-2-6-10-14)12-11-13-7-3-1-4-8-13;10-8-5-6-11-9-4-2-1-3-7(8)9;10-9-6-5-7-3-1-2-4-8(7)11-9/h2*1-10H;1-12H;2*1-6H. The van der Waals surface area contributed by atoms with Gasteiger partial charge in [0.05, 0.1) is 28.0 Å². The molecule has 9 heteroatoms. The number of hydrogen-bond acceptors (Lipinski definition) is 9.